The third-order valence-electron chi connectivity index (χ3n) is 2.33. The van der Waals surface area contributed by atoms with E-state index in [1.807, 2.05) is 11.3 Å². The largest absolute Gasteiger partial charge is 0.315 e. The van der Waals surface area contributed by atoms with Crippen LogP contribution in [-0.2, 0) is 6.54 Å². The molecule has 0 fully saturated rings. The average molecular weight is 305 g/mol. The van der Waals surface area contributed by atoms with Crippen LogP contribution in [-0.4, -0.2) is 31.6 Å². The lowest BCUT2D eigenvalue weighted by atomic mass is 10.2. The number of likely N-dealkylation sites (N-methyl/N-ethyl adjacent to an activating group) is 1. The summed E-state index contributed by atoms with van der Waals surface area (Å²) in [7, 11) is 2.17. The fourth-order valence-electron chi connectivity index (χ4n) is 1.42. The minimum absolute atomic E-state index is 0.733. The Morgan fingerprint density at radius 3 is 2.81 bits per heavy atom. The van der Waals surface area contributed by atoms with E-state index in [9.17, 15) is 0 Å². The molecule has 0 atom stereocenters. The summed E-state index contributed by atoms with van der Waals surface area (Å²) in [6.07, 6.45) is 0. The molecule has 1 N–H and O–H groups in total. The van der Waals surface area contributed by atoms with Crippen LogP contribution in [0.2, 0.25) is 0 Å². The van der Waals surface area contributed by atoms with Gasteiger partial charge in [-0.3, -0.25) is 4.90 Å². The fraction of sp³-hybridized carbons (Fsp3) is 0.667. The maximum atomic E-state index is 3.56. The van der Waals surface area contributed by atoms with Crippen LogP contribution in [0.5, 0.6) is 0 Å². The Bertz CT molecular complexity index is 299. The first-order chi connectivity index (χ1) is 7.59. The van der Waals surface area contributed by atoms with Gasteiger partial charge < -0.3 is 5.32 Å². The van der Waals surface area contributed by atoms with Crippen molar-refractivity contribution in [2.75, 3.05) is 26.7 Å². The molecular formula is C12H21BrN2S. The lowest BCUT2D eigenvalue weighted by Crippen LogP contribution is -2.30. The second-order valence-corrected chi connectivity index (χ2v) is 6.38. The molecule has 1 heterocycles. The SMILES string of the molecule is CC(C)CNCCN(C)Cc1sccc1Br. The molecule has 0 saturated carbocycles. The Morgan fingerprint density at radius 1 is 1.50 bits per heavy atom. The van der Waals surface area contributed by atoms with Crippen molar-refractivity contribution < 1.29 is 0 Å². The van der Waals surface area contributed by atoms with Crippen molar-refractivity contribution in [3.05, 3.63) is 20.8 Å². The number of hydrogen-bond donors (Lipinski definition) is 1. The van der Waals surface area contributed by atoms with Gasteiger partial charge in [0.1, 0.15) is 0 Å². The summed E-state index contributed by atoms with van der Waals surface area (Å²) >= 11 is 5.38. The second-order valence-electron chi connectivity index (χ2n) is 4.53. The summed E-state index contributed by atoms with van der Waals surface area (Å²) < 4.78 is 1.24. The van der Waals surface area contributed by atoms with Crippen LogP contribution in [0, 0.1) is 5.92 Å². The van der Waals surface area contributed by atoms with Crippen LogP contribution in [0.3, 0.4) is 0 Å². The third kappa shape index (κ3) is 5.43. The summed E-state index contributed by atoms with van der Waals surface area (Å²) in [5.74, 6) is 0.733. The predicted molar refractivity (Wildman–Crippen MR) is 76.1 cm³/mol. The van der Waals surface area contributed by atoms with Crippen molar-refractivity contribution in [1.82, 2.24) is 10.2 Å². The van der Waals surface area contributed by atoms with Crippen molar-refractivity contribution >= 4 is 27.3 Å². The highest BCUT2D eigenvalue weighted by Crippen LogP contribution is 2.23. The van der Waals surface area contributed by atoms with E-state index >= 15 is 0 Å². The summed E-state index contributed by atoms with van der Waals surface area (Å²) in [5.41, 5.74) is 0. The number of nitrogens with one attached hydrogen (secondary N) is 1. The number of thiophene rings is 1. The van der Waals surface area contributed by atoms with E-state index in [1.54, 1.807) is 0 Å². The van der Waals surface area contributed by atoms with Gasteiger partial charge in [0.25, 0.3) is 0 Å². The van der Waals surface area contributed by atoms with Gasteiger partial charge in [-0.2, -0.15) is 0 Å². The van der Waals surface area contributed by atoms with Gasteiger partial charge in [0, 0.05) is 29.0 Å². The molecule has 4 heteroatoms. The van der Waals surface area contributed by atoms with Crippen molar-refractivity contribution in [3.8, 4) is 0 Å². The Hall–Kier alpha value is 0.100. The van der Waals surface area contributed by atoms with Crippen LogP contribution < -0.4 is 5.32 Å². The van der Waals surface area contributed by atoms with Gasteiger partial charge in [0.2, 0.25) is 0 Å². The molecule has 0 spiro atoms. The fourth-order valence-corrected chi connectivity index (χ4v) is 2.98. The Labute approximate surface area is 111 Å². The second kappa shape index (κ2) is 7.43. The van der Waals surface area contributed by atoms with Crippen LogP contribution >= 0.6 is 27.3 Å². The number of nitrogens with zero attached hydrogens (tertiary/aromatic N) is 1. The highest BCUT2D eigenvalue weighted by Gasteiger charge is 2.05. The number of hydrogen-bond acceptors (Lipinski definition) is 3. The van der Waals surface area contributed by atoms with E-state index in [0.29, 0.717) is 0 Å². The highest BCUT2D eigenvalue weighted by atomic mass is 79.9. The Balaban J connectivity index is 2.16. The van der Waals surface area contributed by atoms with Crippen molar-refractivity contribution in [2.45, 2.75) is 20.4 Å². The molecule has 0 bridgehead atoms. The first-order valence-corrected chi connectivity index (χ1v) is 7.38. The molecule has 0 radical (unpaired) electrons. The molecule has 92 valence electrons. The van der Waals surface area contributed by atoms with E-state index in [-0.39, 0.29) is 0 Å². The maximum Gasteiger partial charge on any atom is 0.0336 e. The molecular weight excluding hydrogens is 284 g/mol. The van der Waals surface area contributed by atoms with Gasteiger partial charge in [0.05, 0.1) is 0 Å². The van der Waals surface area contributed by atoms with Gasteiger partial charge in [-0.1, -0.05) is 13.8 Å². The van der Waals surface area contributed by atoms with Crippen LogP contribution in [0.1, 0.15) is 18.7 Å². The number of halogens is 1. The quantitative estimate of drug-likeness (QED) is 0.778. The smallest absolute Gasteiger partial charge is 0.0336 e. The minimum atomic E-state index is 0.733. The van der Waals surface area contributed by atoms with Crippen molar-refractivity contribution in [1.29, 1.82) is 0 Å². The predicted octanol–water partition coefficient (Wildman–Crippen LogP) is 3.19. The van der Waals surface area contributed by atoms with E-state index in [1.165, 1.54) is 9.35 Å². The van der Waals surface area contributed by atoms with Crippen molar-refractivity contribution in [3.63, 3.8) is 0 Å². The van der Waals surface area contributed by atoms with Crippen LogP contribution in [0.25, 0.3) is 0 Å². The van der Waals surface area contributed by atoms with E-state index in [4.69, 9.17) is 0 Å². The molecule has 0 aliphatic rings. The molecule has 0 amide bonds. The molecule has 16 heavy (non-hydrogen) atoms. The third-order valence-corrected chi connectivity index (χ3v) is 4.24. The lowest BCUT2D eigenvalue weighted by molar-refractivity contribution is 0.324. The summed E-state index contributed by atoms with van der Waals surface area (Å²) in [5, 5.41) is 5.59. The number of rotatable bonds is 7. The summed E-state index contributed by atoms with van der Waals surface area (Å²) in [4.78, 5) is 3.76. The van der Waals surface area contributed by atoms with Gasteiger partial charge >= 0.3 is 0 Å². The molecule has 0 saturated heterocycles. The molecule has 1 aromatic rings. The molecule has 0 aliphatic carbocycles. The molecule has 0 aromatic carbocycles. The first-order valence-electron chi connectivity index (χ1n) is 5.70. The molecule has 0 unspecified atom stereocenters. The Kier molecular flexibility index (Phi) is 6.58. The molecule has 2 nitrogen and oxygen atoms in total. The minimum Gasteiger partial charge on any atom is -0.315 e. The molecule has 1 aromatic heterocycles. The first kappa shape index (κ1) is 14.2. The lowest BCUT2D eigenvalue weighted by Gasteiger charge is -2.16. The van der Waals surface area contributed by atoms with Crippen LogP contribution in [0.15, 0.2) is 15.9 Å². The van der Waals surface area contributed by atoms with Gasteiger partial charge in [-0.25, -0.2) is 0 Å². The normalized spacial score (nSPS) is 11.6. The average Bonchev–Trinajstić information content (AvgIpc) is 2.59. The van der Waals surface area contributed by atoms with Crippen LogP contribution in [0.4, 0.5) is 0 Å². The van der Waals surface area contributed by atoms with E-state index in [2.05, 4.69) is 58.5 Å². The summed E-state index contributed by atoms with van der Waals surface area (Å²) in [6, 6.07) is 2.12. The Morgan fingerprint density at radius 2 is 2.25 bits per heavy atom. The maximum absolute atomic E-state index is 3.56. The zero-order valence-corrected chi connectivity index (χ0v) is 12.7. The summed E-state index contributed by atoms with van der Waals surface area (Å²) in [6.45, 7) is 8.77. The highest BCUT2D eigenvalue weighted by molar-refractivity contribution is 9.10. The van der Waals surface area contributed by atoms with Gasteiger partial charge in [0.15, 0.2) is 0 Å². The zero-order valence-electron chi connectivity index (χ0n) is 10.3. The van der Waals surface area contributed by atoms with E-state index in [0.717, 1.165) is 32.1 Å². The van der Waals surface area contributed by atoms with Gasteiger partial charge in [-0.05, 0) is 46.9 Å². The molecule has 0 aliphatic heterocycles. The molecule has 1 rings (SSSR count). The monoisotopic (exact) mass is 304 g/mol. The van der Waals surface area contributed by atoms with Gasteiger partial charge in [-0.15, -0.1) is 11.3 Å². The standard InChI is InChI=1S/C12H21BrN2S/c1-10(2)8-14-5-6-15(3)9-12-11(13)4-7-16-12/h4,7,10,14H,5-6,8-9H2,1-3H3. The topological polar surface area (TPSA) is 15.3 Å². The van der Waals surface area contributed by atoms with Crippen molar-refractivity contribution in [2.24, 2.45) is 5.92 Å². The zero-order chi connectivity index (χ0) is 12.0. The van der Waals surface area contributed by atoms with E-state index < -0.39 is 0 Å².